The summed E-state index contributed by atoms with van der Waals surface area (Å²) in [7, 11) is 2.05. The number of likely N-dealkylation sites (N-methyl/N-ethyl adjacent to an activating group) is 1. The quantitative estimate of drug-likeness (QED) is 0.506. The van der Waals surface area contributed by atoms with Gasteiger partial charge in [0.1, 0.15) is 11.2 Å². The van der Waals surface area contributed by atoms with Crippen LogP contribution in [0.1, 0.15) is 23.1 Å². The Bertz CT molecular complexity index is 1110. The number of amides is 2. The Balaban J connectivity index is 1.56. The van der Waals surface area contributed by atoms with E-state index in [4.69, 9.17) is 5.73 Å². The molecule has 0 bridgehead atoms. The number of nitrogens with two attached hydrogens (primary N) is 1. The van der Waals surface area contributed by atoms with Crippen LogP contribution >= 0.6 is 0 Å². The summed E-state index contributed by atoms with van der Waals surface area (Å²) in [6, 6.07) is 25.6. The van der Waals surface area contributed by atoms with Crippen molar-refractivity contribution in [3.05, 3.63) is 107 Å². The molecule has 5 nitrogen and oxygen atoms in total. The molecule has 4 rings (SSSR count). The first kappa shape index (κ1) is 23.6. The van der Waals surface area contributed by atoms with Crippen LogP contribution < -0.4 is 11.1 Å². The predicted molar refractivity (Wildman–Crippen MR) is 130 cm³/mol. The van der Waals surface area contributed by atoms with Gasteiger partial charge in [-0.25, -0.2) is 4.39 Å². The Morgan fingerprint density at radius 3 is 2.18 bits per heavy atom. The lowest BCUT2D eigenvalue weighted by Crippen LogP contribution is -2.53. The first-order valence-corrected chi connectivity index (χ1v) is 11.6. The first-order chi connectivity index (χ1) is 16.3. The van der Waals surface area contributed by atoms with E-state index in [2.05, 4.69) is 5.32 Å². The van der Waals surface area contributed by atoms with Crippen molar-refractivity contribution < 1.29 is 18.5 Å². The summed E-state index contributed by atoms with van der Waals surface area (Å²) in [6.45, 7) is 1.95. The molecular formula is C28H31FN3O2+. The van der Waals surface area contributed by atoms with Crippen LogP contribution in [0.25, 0.3) is 0 Å². The summed E-state index contributed by atoms with van der Waals surface area (Å²) < 4.78 is 13.9. The first-order valence-electron chi connectivity index (χ1n) is 11.6. The summed E-state index contributed by atoms with van der Waals surface area (Å²) >= 11 is 0. The number of rotatable bonds is 8. The number of halogens is 1. The number of quaternary nitrogens is 1. The molecule has 2 atom stereocenters. The van der Waals surface area contributed by atoms with Crippen molar-refractivity contribution in [1.29, 1.82) is 0 Å². The molecule has 1 saturated heterocycles. The molecule has 176 valence electrons. The van der Waals surface area contributed by atoms with Crippen LogP contribution in [0, 0.1) is 11.7 Å². The summed E-state index contributed by atoms with van der Waals surface area (Å²) in [4.78, 5) is 26.0. The number of primary amides is 1. The molecule has 6 heteroatoms. The molecule has 0 aliphatic carbocycles. The Kier molecular flexibility index (Phi) is 6.80. The minimum atomic E-state index is -0.976. The zero-order valence-electron chi connectivity index (χ0n) is 19.4. The Morgan fingerprint density at radius 2 is 1.62 bits per heavy atom. The lowest BCUT2D eigenvalue weighted by Gasteiger charge is -2.38. The van der Waals surface area contributed by atoms with E-state index in [1.165, 1.54) is 12.1 Å². The van der Waals surface area contributed by atoms with Gasteiger partial charge in [-0.2, -0.15) is 0 Å². The van der Waals surface area contributed by atoms with Crippen molar-refractivity contribution in [3.8, 4) is 0 Å². The van der Waals surface area contributed by atoms with Gasteiger partial charge in [-0.3, -0.25) is 9.59 Å². The standard InChI is InChI=1S/C28H30FN3O2/c1-32(20-26(33)31-18-21-9-8-14-25(29)17-21)16-15-24(19-32)28(27(30)34,22-10-4-2-5-11-22)23-12-6-3-7-13-23/h2-14,17,24H,15-16,18-20H2,1H3,(H2-,30,31,33,34)/p+1. The van der Waals surface area contributed by atoms with Crippen LogP contribution in [0.3, 0.4) is 0 Å². The summed E-state index contributed by atoms with van der Waals surface area (Å²) in [5, 5.41) is 2.91. The van der Waals surface area contributed by atoms with Crippen LogP contribution in [-0.4, -0.2) is 43.0 Å². The normalized spacial score (nSPS) is 20.1. The molecule has 1 aliphatic heterocycles. The Morgan fingerprint density at radius 1 is 1.00 bits per heavy atom. The third-order valence-electron chi connectivity index (χ3n) is 7.04. The molecule has 3 aromatic carbocycles. The highest BCUT2D eigenvalue weighted by atomic mass is 19.1. The van der Waals surface area contributed by atoms with Crippen LogP contribution in [0.5, 0.6) is 0 Å². The largest absolute Gasteiger partial charge is 0.369 e. The van der Waals surface area contributed by atoms with Crippen molar-refractivity contribution in [3.63, 3.8) is 0 Å². The van der Waals surface area contributed by atoms with Gasteiger partial charge >= 0.3 is 0 Å². The number of hydrogen-bond acceptors (Lipinski definition) is 2. The molecule has 1 aliphatic rings. The van der Waals surface area contributed by atoms with Crippen molar-refractivity contribution in [2.24, 2.45) is 11.7 Å². The molecule has 34 heavy (non-hydrogen) atoms. The lowest BCUT2D eigenvalue weighted by molar-refractivity contribution is -0.891. The average molecular weight is 461 g/mol. The summed E-state index contributed by atoms with van der Waals surface area (Å²) in [5.41, 5.74) is 7.67. The minimum absolute atomic E-state index is 0.0594. The van der Waals surface area contributed by atoms with E-state index in [0.717, 1.165) is 29.7 Å². The maximum atomic E-state index is 13.4. The third-order valence-corrected chi connectivity index (χ3v) is 7.04. The number of nitrogens with zero attached hydrogens (tertiary/aromatic N) is 1. The fourth-order valence-corrected chi connectivity index (χ4v) is 5.46. The highest BCUT2D eigenvalue weighted by molar-refractivity contribution is 5.91. The second kappa shape index (κ2) is 9.77. The highest BCUT2D eigenvalue weighted by Crippen LogP contribution is 2.44. The van der Waals surface area contributed by atoms with E-state index in [0.29, 0.717) is 11.0 Å². The number of hydrogen-bond donors (Lipinski definition) is 2. The second-order valence-electron chi connectivity index (χ2n) is 9.48. The number of benzene rings is 3. The minimum Gasteiger partial charge on any atom is -0.369 e. The fourth-order valence-electron chi connectivity index (χ4n) is 5.46. The van der Waals surface area contributed by atoms with Gasteiger partial charge in [-0.1, -0.05) is 72.8 Å². The van der Waals surface area contributed by atoms with E-state index in [-0.39, 0.29) is 36.6 Å². The van der Waals surface area contributed by atoms with Gasteiger partial charge in [0.15, 0.2) is 6.54 Å². The Hall–Kier alpha value is -3.51. The van der Waals surface area contributed by atoms with Gasteiger partial charge in [-0.15, -0.1) is 0 Å². The molecule has 3 aromatic rings. The van der Waals surface area contributed by atoms with E-state index < -0.39 is 5.41 Å². The number of carbonyl (C=O) groups is 2. The molecule has 2 unspecified atom stereocenters. The van der Waals surface area contributed by atoms with Gasteiger partial charge < -0.3 is 15.5 Å². The third kappa shape index (κ3) is 4.73. The number of likely N-dealkylation sites (tertiary alicyclic amines) is 1. The van der Waals surface area contributed by atoms with Crippen molar-refractivity contribution >= 4 is 11.8 Å². The Labute approximate surface area is 200 Å². The van der Waals surface area contributed by atoms with Gasteiger partial charge in [0.2, 0.25) is 5.91 Å². The van der Waals surface area contributed by atoms with Crippen LogP contribution in [-0.2, 0) is 21.5 Å². The van der Waals surface area contributed by atoms with E-state index >= 15 is 0 Å². The van der Waals surface area contributed by atoms with Crippen molar-refractivity contribution in [2.45, 2.75) is 18.4 Å². The smallest absolute Gasteiger partial charge is 0.275 e. The monoisotopic (exact) mass is 460 g/mol. The second-order valence-corrected chi connectivity index (χ2v) is 9.48. The van der Waals surface area contributed by atoms with Gasteiger partial charge in [0.05, 0.1) is 20.1 Å². The lowest BCUT2D eigenvalue weighted by atomic mass is 9.64. The fraction of sp³-hybridized carbons (Fsp3) is 0.286. The molecule has 1 fully saturated rings. The zero-order valence-corrected chi connectivity index (χ0v) is 19.4. The molecule has 0 spiro atoms. The van der Waals surface area contributed by atoms with Crippen molar-refractivity contribution in [1.82, 2.24) is 5.32 Å². The molecule has 0 saturated carbocycles. The summed E-state index contributed by atoms with van der Waals surface area (Å²) in [6.07, 6.45) is 0.764. The SMILES string of the molecule is C[N+]1(CC(=O)NCc2cccc(F)c2)CCC(C(C(N)=O)(c2ccccc2)c2ccccc2)C1. The van der Waals surface area contributed by atoms with Crippen LogP contribution in [0.15, 0.2) is 84.9 Å². The molecule has 2 amide bonds. The van der Waals surface area contributed by atoms with Gasteiger partial charge in [0, 0.05) is 18.9 Å². The van der Waals surface area contributed by atoms with Crippen molar-refractivity contribution in [2.75, 3.05) is 26.7 Å². The molecule has 3 N–H and O–H groups in total. The van der Waals surface area contributed by atoms with Crippen LogP contribution in [0.2, 0.25) is 0 Å². The number of carbonyl (C=O) groups excluding carboxylic acids is 2. The molecule has 0 radical (unpaired) electrons. The average Bonchev–Trinajstić information content (AvgIpc) is 3.21. The number of nitrogens with one attached hydrogen (secondary N) is 1. The highest BCUT2D eigenvalue weighted by Gasteiger charge is 2.53. The maximum Gasteiger partial charge on any atom is 0.275 e. The molecule has 0 aromatic heterocycles. The molecular weight excluding hydrogens is 429 g/mol. The topological polar surface area (TPSA) is 72.2 Å². The van der Waals surface area contributed by atoms with Gasteiger partial charge in [0.25, 0.3) is 5.91 Å². The van der Waals surface area contributed by atoms with E-state index in [1.54, 1.807) is 12.1 Å². The van der Waals surface area contributed by atoms with E-state index in [9.17, 15) is 14.0 Å². The van der Waals surface area contributed by atoms with Crippen LogP contribution in [0.4, 0.5) is 4.39 Å². The zero-order chi connectivity index (χ0) is 24.2. The maximum absolute atomic E-state index is 13.4. The van der Waals surface area contributed by atoms with E-state index in [1.807, 2.05) is 67.7 Å². The predicted octanol–water partition coefficient (Wildman–Crippen LogP) is 3.38. The molecule has 1 heterocycles. The summed E-state index contributed by atoms with van der Waals surface area (Å²) in [5.74, 6) is -0.857. The van der Waals surface area contributed by atoms with Gasteiger partial charge in [-0.05, 0) is 28.8 Å².